The number of carbonyl (C=O) groups is 1. The van der Waals surface area contributed by atoms with Crippen LogP contribution in [0.25, 0.3) is 10.2 Å². The minimum absolute atomic E-state index is 0.0121. The maximum absolute atomic E-state index is 12.0. The molecule has 2 aromatic carbocycles. The fourth-order valence-electron chi connectivity index (χ4n) is 2.32. The number of amides is 1. The molecule has 1 N–H and O–H groups in total. The van der Waals surface area contributed by atoms with Gasteiger partial charge in [0.15, 0.2) is 6.61 Å². The molecular formula is C17H15IN2O3S. The number of halogens is 1. The lowest BCUT2D eigenvalue weighted by Gasteiger charge is -2.08. The van der Waals surface area contributed by atoms with Gasteiger partial charge in [0.05, 0.1) is 10.2 Å². The number of anilines is 1. The van der Waals surface area contributed by atoms with Crippen molar-refractivity contribution < 1.29 is 9.53 Å². The molecule has 0 fully saturated rings. The Morgan fingerprint density at radius 1 is 1.25 bits per heavy atom. The summed E-state index contributed by atoms with van der Waals surface area (Å²) in [6.45, 7) is 2.50. The maximum Gasteiger partial charge on any atom is 0.308 e. The van der Waals surface area contributed by atoms with Crippen molar-refractivity contribution in [3.63, 3.8) is 0 Å². The SMILES string of the molecule is CCn1c(=O)sc2cc(NC(=O)COc3ccc(I)cc3)ccc21. The minimum atomic E-state index is -0.241. The third kappa shape index (κ3) is 3.78. The van der Waals surface area contributed by atoms with Gasteiger partial charge in [0, 0.05) is 15.8 Å². The summed E-state index contributed by atoms with van der Waals surface area (Å²) >= 11 is 3.39. The predicted octanol–water partition coefficient (Wildman–Crippen LogP) is 3.71. The van der Waals surface area contributed by atoms with Crippen LogP contribution in [0.2, 0.25) is 0 Å². The van der Waals surface area contributed by atoms with Crippen molar-refractivity contribution >= 4 is 55.7 Å². The normalized spacial score (nSPS) is 10.8. The first-order valence-corrected chi connectivity index (χ1v) is 9.28. The number of thiazole rings is 1. The van der Waals surface area contributed by atoms with E-state index >= 15 is 0 Å². The number of carbonyl (C=O) groups excluding carboxylic acids is 1. The van der Waals surface area contributed by atoms with Crippen molar-refractivity contribution in [3.8, 4) is 5.75 Å². The van der Waals surface area contributed by atoms with Crippen LogP contribution in [0.4, 0.5) is 5.69 Å². The summed E-state index contributed by atoms with van der Waals surface area (Å²) in [5, 5.41) is 2.79. The number of nitrogens with zero attached hydrogens (tertiary/aromatic N) is 1. The number of hydrogen-bond donors (Lipinski definition) is 1. The molecule has 0 saturated heterocycles. The van der Waals surface area contributed by atoms with Crippen LogP contribution in [0.15, 0.2) is 47.3 Å². The molecule has 0 bridgehead atoms. The van der Waals surface area contributed by atoms with Gasteiger partial charge in [-0.2, -0.15) is 0 Å². The molecular weight excluding hydrogens is 439 g/mol. The second-order valence-electron chi connectivity index (χ2n) is 5.09. The Bertz CT molecular complexity index is 931. The molecule has 5 nitrogen and oxygen atoms in total. The van der Waals surface area contributed by atoms with Crippen LogP contribution in [0.5, 0.6) is 5.75 Å². The van der Waals surface area contributed by atoms with Gasteiger partial charge in [-0.3, -0.25) is 14.2 Å². The van der Waals surface area contributed by atoms with Gasteiger partial charge in [-0.25, -0.2) is 0 Å². The smallest absolute Gasteiger partial charge is 0.308 e. The molecule has 0 atom stereocenters. The molecule has 1 amide bonds. The van der Waals surface area contributed by atoms with Gasteiger partial charge in [0.1, 0.15) is 5.75 Å². The van der Waals surface area contributed by atoms with Crippen LogP contribution in [0.3, 0.4) is 0 Å². The molecule has 1 heterocycles. The number of fused-ring (bicyclic) bond motifs is 1. The summed E-state index contributed by atoms with van der Waals surface area (Å²) in [6, 6.07) is 13.0. The standard InChI is InChI=1S/C17H15IN2O3S/c1-2-20-14-8-5-12(9-15(14)24-17(20)22)19-16(21)10-23-13-6-3-11(18)4-7-13/h3-9H,2,10H2,1H3,(H,19,21). The third-order valence-electron chi connectivity index (χ3n) is 3.45. The molecule has 0 aliphatic heterocycles. The van der Waals surface area contributed by atoms with Gasteiger partial charge in [-0.1, -0.05) is 11.3 Å². The van der Waals surface area contributed by atoms with Crippen molar-refractivity contribution in [3.05, 3.63) is 55.7 Å². The van der Waals surface area contributed by atoms with E-state index in [1.165, 1.54) is 11.3 Å². The summed E-state index contributed by atoms with van der Waals surface area (Å²) in [5.41, 5.74) is 1.55. The largest absolute Gasteiger partial charge is 0.484 e. The van der Waals surface area contributed by atoms with E-state index in [9.17, 15) is 9.59 Å². The third-order valence-corrected chi connectivity index (χ3v) is 5.11. The highest BCUT2D eigenvalue weighted by Gasteiger charge is 2.09. The van der Waals surface area contributed by atoms with E-state index in [2.05, 4.69) is 27.9 Å². The van der Waals surface area contributed by atoms with E-state index in [-0.39, 0.29) is 17.4 Å². The van der Waals surface area contributed by atoms with Crippen molar-refractivity contribution in [2.45, 2.75) is 13.5 Å². The van der Waals surface area contributed by atoms with Crippen molar-refractivity contribution in [1.82, 2.24) is 4.57 Å². The van der Waals surface area contributed by atoms with Gasteiger partial charge >= 0.3 is 4.87 Å². The molecule has 0 aliphatic rings. The Balaban J connectivity index is 1.66. The maximum atomic E-state index is 12.0. The first-order valence-electron chi connectivity index (χ1n) is 7.38. The monoisotopic (exact) mass is 454 g/mol. The Kier molecular flexibility index (Phi) is 5.20. The van der Waals surface area contributed by atoms with E-state index in [0.29, 0.717) is 18.0 Å². The van der Waals surface area contributed by atoms with Gasteiger partial charge < -0.3 is 10.1 Å². The van der Waals surface area contributed by atoms with E-state index in [1.54, 1.807) is 10.6 Å². The number of aryl methyl sites for hydroxylation is 1. The summed E-state index contributed by atoms with van der Waals surface area (Å²) in [4.78, 5) is 23.9. The number of hydrogen-bond acceptors (Lipinski definition) is 4. The van der Waals surface area contributed by atoms with Crippen molar-refractivity contribution in [1.29, 1.82) is 0 Å². The second kappa shape index (κ2) is 7.35. The molecule has 0 aliphatic carbocycles. The highest BCUT2D eigenvalue weighted by Crippen LogP contribution is 2.22. The molecule has 0 spiro atoms. The highest BCUT2D eigenvalue weighted by molar-refractivity contribution is 14.1. The molecule has 0 unspecified atom stereocenters. The Hall–Kier alpha value is -1.87. The molecule has 3 aromatic rings. The lowest BCUT2D eigenvalue weighted by atomic mass is 10.3. The Morgan fingerprint density at radius 3 is 2.71 bits per heavy atom. The average Bonchev–Trinajstić information content (AvgIpc) is 2.88. The van der Waals surface area contributed by atoms with Crippen LogP contribution in [0.1, 0.15) is 6.92 Å². The van der Waals surface area contributed by atoms with E-state index in [0.717, 1.165) is 13.8 Å². The number of nitrogens with one attached hydrogen (secondary N) is 1. The number of aromatic nitrogens is 1. The Morgan fingerprint density at radius 2 is 2.00 bits per heavy atom. The predicted molar refractivity (Wildman–Crippen MR) is 105 cm³/mol. The minimum Gasteiger partial charge on any atom is -0.484 e. The van der Waals surface area contributed by atoms with Gasteiger partial charge in [-0.15, -0.1) is 0 Å². The molecule has 3 rings (SSSR count). The molecule has 124 valence electrons. The van der Waals surface area contributed by atoms with Crippen LogP contribution in [0, 0.1) is 3.57 Å². The van der Waals surface area contributed by atoms with Crippen LogP contribution >= 0.6 is 33.9 Å². The van der Waals surface area contributed by atoms with E-state index in [4.69, 9.17) is 4.74 Å². The summed E-state index contributed by atoms with van der Waals surface area (Å²) in [5.74, 6) is 0.412. The molecule has 1 aromatic heterocycles. The summed E-state index contributed by atoms with van der Waals surface area (Å²) in [7, 11) is 0. The topological polar surface area (TPSA) is 60.3 Å². The molecule has 0 radical (unpaired) electrons. The van der Waals surface area contributed by atoms with Crippen LogP contribution in [-0.4, -0.2) is 17.1 Å². The molecule has 0 saturated carbocycles. The van der Waals surface area contributed by atoms with Gasteiger partial charge in [0.25, 0.3) is 5.91 Å². The second-order valence-corrected chi connectivity index (χ2v) is 7.32. The first kappa shape index (κ1) is 17.0. The first-order chi connectivity index (χ1) is 11.6. The van der Waals surface area contributed by atoms with Gasteiger partial charge in [-0.05, 0) is 72.0 Å². The van der Waals surface area contributed by atoms with Gasteiger partial charge in [0.2, 0.25) is 0 Å². The number of benzene rings is 2. The zero-order valence-corrected chi connectivity index (χ0v) is 15.9. The lowest BCUT2D eigenvalue weighted by Crippen LogP contribution is -2.20. The lowest BCUT2D eigenvalue weighted by molar-refractivity contribution is -0.118. The van der Waals surface area contributed by atoms with Crippen LogP contribution in [-0.2, 0) is 11.3 Å². The molecule has 24 heavy (non-hydrogen) atoms. The highest BCUT2D eigenvalue weighted by atomic mass is 127. The summed E-state index contributed by atoms with van der Waals surface area (Å²) < 4.78 is 9.14. The fraction of sp³-hybridized carbons (Fsp3) is 0.176. The number of rotatable bonds is 5. The Labute approximate surface area is 156 Å². The fourth-order valence-corrected chi connectivity index (χ4v) is 3.67. The quantitative estimate of drug-likeness (QED) is 0.599. The molecule has 7 heteroatoms. The number of ether oxygens (including phenoxy) is 1. The van der Waals surface area contributed by atoms with E-state index < -0.39 is 0 Å². The van der Waals surface area contributed by atoms with E-state index in [1.807, 2.05) is 43.3 Å². The zero-order chi connectivity index (χ0) is 17.1. The zero-order valence-electron chi connectivity index (χ0n) is 12.9. The summed E-state index contributed by atoms with van der Waals surface area (Å²) in [6.07, 6.45) is 0. The average molecular weight is 454 g/mol. The van der Waals surface area contributed by atoms with Crippen molar-refractivity contribution in [2.24, 2.45) is 0 Å². The van der Waals surface area contributed by atoms with Crippen molar-refractivity contribution in [2.75, 3.05) is 11.9 Å². The van der Waals surface area contributed by atoms with Crippen LogP contribution < -0.4 is 14.9 Å².